The van der Waals surface area contributed by atoms with Gasteiger partial charge in [0.05, 0.1) is 23.9 Å². The summed E-state index contributed by atoms with van der Waals surface area (Å²) in [6.07, 6.45) is 2.04. The van der Waals surface area contributed by atoms with E-state index in [1.54, 1.807) is 29.5 Å². The Balaban J connectivity index is 1.70. The number of aryl methyl sites for hydroxylation is 1. The number of amides is 1. The van der Waals surface area contributed by atoms with Crippen LogP contribution in [-0.4, -0.2) is 24.1 Å². The smallest absolute Gasteiger partial charge is 0.255 e. The zero-order chi connectivity index (χ0) is 20.6. The number of thiazole rings is 1. The first-order valence-electron chi connectivity index (χ1n) is 9.84. The van der Waals surface area contributed by atoms with Gasteiger partial charge in [-0.2, -0.15) is 0 Å². The molecule has 0 fully saturated rings. The Kier molecular flexibility index (Phi) is 7.25. The SMILES string of the molecule is CCCCOc1ccc(C(=O)Nc2ccc(-c3csc(C)n3)cc2)cc1OCC. The number of nitrogens with zero attached hydrogens (tertiary/aromatic N) is 1. The van der Waals surface area contributed by atoms with E-state index < -0.39 is 0 Å². The molecular weight excluding hydrogens is 384 g/mol. The molecule has 0 radical (unpaired) electrons. The van der Waals surface area contributed by atoms with Crippen LogP contribution in [0, 0.1) is 6.92 Å². The molecule has 1 aromatic heterocycles. The number of hydrogen-bond donors (Lipinski definition) is 1. The molecule has 0 saturated heterocycles. The average Bonchev–Trinajstić information content (AvgIpc) is 3.16. The highest BCUT2D eigenvalue weighted by atomic mass is 32.1. The van der Waals surface area contributed by atoms with Crippen molar-refractivity contribution in [2.75, 3.05) is 18.5 Å². The quantitative estimate of drug-likeness (QED) is 0.443. The van der Waals surface area contributed by atoms with Crippen molar-refractivity contribution >= 4 is 22.9 Å². The molecule has 0 aliphatic heterocycles. The van der Waals surface area contributed by atoms with E-state index in [1.165, 1.54) is 0 Å². The van der Waals surface area contributed by atoms with E-state index in [0.29, 0.717) is 30.3 Å². The highest BCUT2D eigenvalue weighted by molar-refractivity contribution is 7.09. The summed E-state index contributed by atoms with van der Waals surface area (Å²) in [6.45, 7) is 7.15. The highest BCUT2D eigenvalue weighted by Gasteiger charge is 2.12. The van der Waals surface area contributed by atoms with Gasteiger partial charge < -0.3 is 14.8 Å². The molecule has 0 unspecified atom stereocenters. The molecule has 1 N–H and O–H groups in total. The Labute approximate surface area is 175 Å². The molecular formula is C23H26N2O3S. The maximum absolute atomic E-state index is 12.7. The minimum absolute atomic E-state index is 0.191. The summed E-state index contributed by atoms with van der Waals surface area (Å²) in [5.41, 5.74) is 3.23. The van der Waals surface area contributed by atoms with Crippen LogP contribution in [0.25, 0.3) is 11.3 Å². The number of ether oxygens (including phenoxy) is 2. The van der Waals surface area contributed by atoms with Crippen molar-refractivity contribution in [2.45, 2.75) is 33.6 Å². The van der Waals surface area contributed by atoms with E-state index in [9.17, 15) is 4.79 Å². The number of benzene rings is 2. The van der Waals surface area contributed by atoms with Crippen LogP contribution in [0.1, 0.15) is 42.1 Å². The van der Waals surface area contributed by atoms with Crippen LogP contribution in [0.3, 0.4) is 0 Å². The van der Waals surface area contributed by atoms with Crippen molar-refractivity contribution in [1.82, 2.24) is 4.98 Å². The third-order valence-electron chi connectivity index (χ3n) is 4.32. The normalized spacial score (nSPS) is 10.6. The van der Waals surface area contributed by atoms with Crippen molar-refractivity contribution in [2.24, 2.45) is 0 Å². The molecule has 1 heterocycles. The van der Waals surface area contributed by atoms with Crippen LogP contribution in [0.4, 0.5) is 5.69 Å². The molecule has 0 spiro atoms. The molecule has 5 nitrogen and oxygen atoms in total. The van der Waals surface area contributed by atoms with Gasteiger partial charge in [0.1, 0.15) is 0 Å². The van der Waals surface area contributed by atoms with Gasteiger partial charge in [-0.25, -0.2) is 4.98 Å². The average molecular weight is 411 g/mol. The monoisotopic (exact) mass is 410 g/mol. The first-order chi connectivity index (χ1) is 14.1. The lowest BCUT2D eigenvalue weighted by Gasteiger charge is -2.13. The summed E-state index contributed by atoms with van der Waals surface area (Å²) in [6, 6.07) is 13.0. The van der Waals surface area contributed by atoms with Crippen LogP contribution >= 0.6 is 11.3 Å². The topological polar surface area (TPSA) is 60.5 Å². The van der Waals surface area contributed by atoms with Crippen LogP contribution in [0.5, 0.6) is 11.5 Å². The standard InChI is InChI=1S/C23H26N2O3S/c1-4-6-13-28-21-12-9-18(14-22(21)27-5-2)23(26)25-19-10-7-17(8-11-19)20-15-29-16(3)24-20/h7-12,14-15H,4-6,13H2,1-3H3,(H,25,26). The minimum atomic E-state index is -0.191. The Morgan fingerprint density at radius 2 is 1.86 bits per heavy atom. The Bertz CT molecular complexity index is 951. The fraction of sp³-hybridized carbons (Fsp3) is 0.304. The Morgan fingerprint density at radius 3 is 2.52 bits per heavy atom. The van der Waals surface area contributed by atoms with Gasteiger partial charge >= 0.3 is 0 Å². The van der Waals surface area contributed by atoms with E-state index in [1.807, 2.05) is 43.5 Å². The lowest BCUT2D eigenvalue weighted by molar-refractivity contribution is 0.102. The summed E-state index contributed by atoms with van der Waals surface area (Å²) in [7, 11) is 0. The number of nitrogens with one attached hydrogen (secondary N) is 1. The maximum Gasteiger partial charge on any atom is 0.255 e. The minimum Gasteiger partial charge on any atom is -0.490 e. The van der Waals surface area contributed by atoms with E-state index in [4.69, 9.17) is 9.47 Å². The van der Waals surface area contributed by atoms with Gasteiger partial charge in [0.15, 0.2) is 11.5 Å². The Hall–Kier alpha value is -2.86. The first-order valence-corrected chi connectivity index (χ1v) is 10.7. The second-order valence-corrected chi connectivity index (χ2v) is 7.64. The number of anilines is 1. The second-order valence-electron chi connectivity index (χ2n) is 6.58. The summed E-state index contributed by atoms with van der Waals surface area (Å²) in [5, 5.41) is 5.99. The molecule has 0 atom stereocenters. The summed E-state index contributed by atoms with van der Waals surface area (Å²) < 4.78 is 11.4. The fourth-order valence-corrected chi connectivity index (χ4v) is 3.41. The predicted octanol–water partition coefficient (Wildman–Crippen LogP) is 5.95. The van der Waals surface area contributed by atoms with Crippen LogP contribution < -0.4 is 14.8 Å². The summed E-state index contributed by atoms with van der Waals surface area (Å²) >= 11 is 1.62. The molecule has 0 aliphatic carbocycles. The summed E-state index contributed by atoms with van der Waals surface area (Å²) in [4.78, 5) is 17.2. The van der Waals surface area contributed by atoms with E-state index in [0.717, 1.165) is 34.8 Å². The summed E-state index contributed by atoms with van der Waals surface area (Å²) in [5.74, 6) is 1.06. The molecule has 6 heteroatoms. The molecule has 152 valence electrons. The number of carbonyl (C=O) groups excluding carboxylic acids is 1. The molecule has 3 aromatic rings. The number of unbranched alkanes of at least 4 members (excludes halogenated alkanes) is 1. The van der Waals surface area contributed by atoms with Gasteiger partial charge in [-0.3, -0.25) is 4.79 Å². The molecule has 0 bridgehead atoms. The van der Waals surface area contributed by atoms with Crippen molar-refractivity contribution in [3.8, 4) is 22.8 Å². The molecule has 1 amide bonds. The molecule has 0 aliphatic rings. The van der Waals surface area contributed by atoms with Gasteiger partial charge in [0.2, 0.25) is 0 Å². The van der Waals surface area contributed by atoms with Gasteiger partial charge in [0, 0.05) is 22.2 Å². The zero-order valence-corrected chi connectivity index (χ0v) is 17.8. The molecule has 2 aromatic carbocycles. The lowest BCUT2D eigenvalue weighted by Crippen LogP contribution is -2.12. The third-order valence-corrected chi connectivity index (χ3v) is 5.09. The van der Waals surface area contributed by atoms with Gasteiger partial charge in [-0.05, 0) is 50.6 Å². The third kappa shape index (κ3) is 5.57. The van der Waals surface area contributed by atoms with Crippen molar-refractivity contribution in [3.05, 3.63) is 58.4 Å². The van der Waals surface area contributed by atoms with Crippen LogP contribution in [0.15, 0.2) is 47.8 Å². The van der Waals surface area contributed by atoms with Crippen molar-refractivity contribution < 1.29 is 14.3 Å². The van der Waals surface area contributed by atoms with Crippen LogP contribution in [-0.2, 0) is 0 Å². The Morgan fingerprint density at radius 1 is 1.07 bits per heavy atom. The highest BCUT2D eigenvalue weighted by Crippen LogP contribution is 2.29. The van der Waals surface area contributed by atoms with Gasteiger partial charge in [0.25, 0.3) is 5.91 Å². The number of rotatable bonds is 9. The van der Waals surface area contributed by atoms with Crippen LogP contribution in [0.2, 0.25) is 0 Å². The first kappa shape index (κ1) is 20.9. The van der Waals surface area contributed by atoms with Gasteiger partial charge in [-0.1, -0.05) is 25.5 Å². The lowest BCUT2D eigenvalue weighted by atomic mass is 10.1. The van der Waals surface area contributed by atoms with E-state index >= 15 is 0 Å². The number of hydrogen-bond acceptors (Lipinski definition) is 5. The zero-order valence-electron chi connectivity index (χ0n) is 17.0. The molecule has 0 saturated carbocycles. The largest absolute Gasteiger partial charge is 0.490 e. The fourth-order valence-electron chi connectivity index (χ4n) is 2.79. The van der Waals surface area contributed by atoms with E-state index in [-0.39, 0.29) is 5.91 Å². The second kappa shape index (κ2) is 10.1. The molecule has 29 heavy (non-hydrogen) atoms. The van der Waals surface area contributed by atoms with Crippen molar-refractivity contribution in [3.63, 3.8) is 0 Å². The van der Waals surface area contributed by atoms with Gasteiger partial charge in [-0.15, -0.1) is 11.3 Å². The van der Waals surface area contributed by atoms with E-state index in [2.05, 4.69) is 17.2 Å². The maximum atomic E-state index is 12.7. The predicted molar refractivity (Wildman–Crippen MR) is 118 cm³/mol. The van der Waals surface area contributed by atoms with Crippen molar-refractivity contribution in [1.29, 1.82) is 0 Å². The number of carbonyl (C=O) groups is 1. The number of aromatic nitrogens is 1. The molecule has 3 rings (SSSR count).